The summed E-state index contributed by atoms with van der Waals surface area (Å²) in [6.07, 6.45) is 1.91. The molecule has 1 saturated heterocycles. The minimum Gasteiger partial charge on any atom is -0.484 e. The second-order valence-corrected chi connectivity index (χ2v) is 5.69. The van der Waals surface area contributed by atoms with Gasteiger partial charge in [0.1, 0.15) is 5.75 Å². The van der Waals surface area contributed by atoms with Crippen LogP contribution in [-0.4, -0.2) is 48.9 Å². The maximum atomic E-state index is 11.8. The Morgan fingerprint density at radius 3 is 2.44 bits per heavy atom. The number of hydrogen-bond donors (Lipinski definition) is 1. The summed E-state index contributed by atoms with van der Waals surface area (Å²) < 4.78 is 10.4. The van der Waals surface area contributed by atoms with E-state index in [0.717, 1.165) is 12.1 Å². The normalized spacial score (nSPS) is 14.0. The zero-order valence-corrected chi connectivity index (χ0v) is 14.8. The third-order valence-corrected chi connectivity index (χ3v) is 3.91. The average molecular weight is 347 g/mol. The number of hydrogen-bond acceptors (Lipinski definition) is 5. The van der Waals surface area contributed by atoms with E-state index in [4.69, 9.17) is 9.47 Å². The number of ether oxygens (including phenoxy) is 2. The van der Waals surface area contributed by atoms with Gasteiger partial charge in [0, 0.05) is 31.6 Å². The monoisotopic (exact) mass is 347 g/mol. The van der Waals surface area contributed by atoms with E-state index in [2.05, 4.69) is 17.5 Å². The lowest BCUT2D eigenvalue weighted by Gasteiger charge is -2.26. The minimum atomic E-state index is -0.306. The van der Waals surface area contributed by atoms with Crippen LogP contribution < -0.4 is 10.2 Å². The Labute approximate surface area is 148 Å². The van der Waals surface area contributed by atoms with Gasteiger partial charge in [-0.05, 0) is 31.0 Å². The number of amides is 2. The molecule has 2 amide bonds. The van der Waals surface area contributed by atoms with E-state index in [9.17, 15) is 9.59 Å². The quantitative estimate of drug-likeness (QED) is 0.801. The zero-order chi connectivity index (χ0) is 18.1. The molecule has 25 heavy (non-hydrogen) atoms. The number of carbonyl (C=O) groups excluding carboxylic acids is 2. The van der Waals surface area contributed by atoms with E-state index in [1.807, 2.05) is 24.3 Å². The Morgan fingerprint density at radius 1 is 1.16 bits per heavy atom. The molecule has 0 atom stereocenters. The molecule has 1 heterocycles. The van der Waals surface area contributed by atoms with Gasteiger partial charge >= 0.3 is 6.09 Å². The minimum absolute atomic E-state index is 0.0861. The van der Waals surface area contributed by atoms with Crippen LogP contribution >= 0.6 is 0 Å². The third kappa shape index (κ3) is 6.10. The molecule has 1 fully saturated rings. The fourth-order valence-electron chi connectivity index (χ4n) is 2.42. The molecule has 1 aromatic carbocycles. The number of likely N-dealkylation sites (tertiary alicyclic amines) is 1. The van der Waals surface area contributed by atoms with Crippen LogP contribution in [0.25, 0.3) is 0 Å². The van der Waals surface area contributed by atoms with Crippen LogP contribution in [-0.2, 0) is 16.0 Å². The van der Waals surface area contributed by atoms with Crippen LogP contribution in [0.2, 0.25) is 0 Å². The van der Waals surface area contributed by atoms with Crippen LogP contribution in [0.5, 0.6) is 5.75 Å². The van der Waals surface area contributed by atoms with Crippen molar-refractivity contribution in [2.45, 2.75) is 33.1 Å². The van der Waals surface area contributed by atoms with Crippen LogP contribution in [0, 0.1) is 0 Å². The Balaban J connectivity index is 1.70. The van der Waals surface area contributed by atoms with E-state index in [1.165, 1.54) is 5.56 Å². The molecule has 1 aromatic rings. The standard InChI is InChI=1S/C18H25N3O4/c1-3-14-5-7-16(8-6-14)25-13-17(22)20-19-15-9-11-21(12-10-15)18(23)24-4-2/h5-8H,3-4,9-13H2,1-2H3,(H,20,22). The van der Waals surface area contributed by atoms with Gasteiger partial charge in [-0.1, -0.05) is 19.1 Å². The smallest absolute Gasteiger partial charge is 0.409 e. The fourth-order valence-corrected chi connectivity index (χ4v) is 2.42. The number of hydrazone groups is 1. The van der Waals surface area contributed by atoms with Crippen molar-refractivity contribution in [1.29, 1.82) is 0 Å². The second kappa shape index (κ2) is 9.66. The fraction of sp³-hybridized carbons (Fsp3) is 0.500. The predicted octanol–water partition coefficient (Wildman–Crippen LogP) is 2.35. The van der Waals surface area contributed by atoms with Crippen molar-refractivity contribution in [2.24, 2.45) is 5.10 Å². The molecule has 7 heteroatoms. The van der Waals surface area contributed by atoms with E-state index in [0.29, 0.717) is 38.3 Å². The Kier molecular flexibility index (Phi) is 7.25. The van der Waals surface area contributed by atoms with Crippen LogP contribution in [0.4, 0.5) is 4.79 Å². The van der Waals surface area contributed by atoms with Crippen molar-refractivity contribution in [2.75, 3.05) is 26.3 Å². The maximum Gasteiger partial charge on any atom is 0.409 e. The summed E-state index contributed by atoms with van der Waals surface area (Å²) in [5.74, 6) is 0.350. The summed E-state index contributed by atoms with van der Waals surface area (Å²) in [5.41, 5.74) is 4.59. The van der Waals surface area contributed by atoms with Gasteiger partial charge in [-0.15, -0.1) is 0 Å². The van der Waals surface area contributed by atoms with Gasteiger partial charge in [-0.25, -0.2) is 10.2 Å². The molecule has 1 N–H and O–H groups in total. The first kappa shape index (κ1) is 18.8. The molecular formula is C18H25N3O4. The highest BCUT2D eigenvalue weighted by Gasteiger charge is 2.20. The molecule has 0 unspecified atom stereocenters. The molecule has 2 rings (SSSR count). The van der Waals surface area contributed by atoms with E-state index >= 15 is 0 Å². The Bertz CT molecular complexity index is 603. The molecule has 1 aliphatic heterocycles. The summed E-state index contributed by atoms with van der Waals surface area (Å²) in [5, 5.41) is 4.12. The number of rotatable bonds is 6. The zero-order valence-electron chi connectivity index (χ0n) is 14.8. The van der Waals surface area contributed by atoms with Crippen molar-refractivity contribution in [3.05, 3.63) is 29.8 Å². The highest BCUT2D eigenvalue weighted by molar-refractivity contribution is 5.88. The molecule has 0 bridgehead atoms. The number of carbonyl (C=O) groups is 2. The summed E-state index contributed by atoms with van der Waals surface area (Å²) in [6, 6.07) is 7.65. The summed E-state index contributed by atoms with van der Waals surface area (Å²) in [4.78, 5) is 25.1. The molecular weight excluding hydrogens is 322 g/mol. The molecule has 0 spiro atoms. The molecule has 0 radical (unpaired) electrons. The van der Waals surface area contributed by atoms with E-state index < -0.39 is 0 Å². The number of benzene rings is 1. The van der Waals surface area contributed by atoms with Gasteiger partial charge in [0.15, 0.2) is 6.61 Å². The lowest BCUT2D eigenvalue weighted by molar-refractivity contribution is -0.123. The molecule has 0 saturated carbocycles. The largest absolute Gasteiger partial charge is 0.484 e. The van der Waals surface area contributed by atoms with Crippen LogP contribution in [0.3, 0.4) is 0 Å². The first-order valence-corrected chi connectivity index (χ1v) is 8.60. The van der Waals surface area contributed by atoms with Crippen molar-refractivity contribution in [3.63, 3.8) is 0 Å². The van der Waals surface area contributed by atoms with Crippen molar-refractivity contribution < 1.29 is 19.1 Å². The number of aryl methyl sites for hydroxylation is 1. The molecule has 1 aliphatic rings. The number of piperidine rings is 1. The third-order valence-electron chi connectivity index (χ3n) is 3.91. The predicted molar refractivity (Wildman–Crippen MR) is 94.7 cm³/mol. The maximum absolute atomic E-state index is 11.8. The Hall–Kier alpha value is -2.57. The van der Waals surface area contributed by atoms with Crippen molar-refractivity contribution >= 4 is 17.7 Å². The number of nitrogens with one attached hydrogen (secondary N) is 1. The second-order valence-electron chi connectivity index (χ2n) is 5.69. The Morgan fingerprint density at radius 2 is 1.84 bits per heavy atom. The van der Waals surface area contributed by atoms with Crippen LogP contribution in [0.15, 0.2) is 29.4 Å². The highest BCUT2D eigenvalue weighted by atomic mass is 16.6. The molecule has 136 valence electrons. The summed E-state index contributed by atoms with van der Waals surface area (Å²) in [6.45, 7) is 5.25. The first-order valence-electron chi connectivity index (χ1n) is 8.60. The van der Waals surface area contributed by atoms with E-state index in [1.54, 1.807) is 11.8 Å². The van der Waals surface area contributed by atoms with Gasteiger partial charge in [-0.3, -0.25) is 4.79 Å². The SMILES string of the molecule is CCOC(=O)N1CCC(=NNC(=O)COc2ccc(CC)cc2)CC1. The summed E-state index contributed by atoms with van der Waals surface area (Å²) >= 11 is 0. The van der Waals surface area contributed by atoms with Gasteiger partial charge in [0.05, 0.1) is 6.61 Å². The average Bonchev–Trinajstić information content (AvgIpc) is 2.65. The van der Waals surface area contributed by atoms with Gasteiger partial charge in [-0.2, -0.15) is 5.10 Å². The lowest BCUT2D eigenvalue weighted by atomic mass is 10.1. The lowest BCUT2D eigenvalue weighted by Crippen LogP contribution is -2.39. The topological polar surface area (TPSA) is 80.2 Å². The van der Waals surface area contributed by atoms with Crippen molar-refractivity contribution in [1.82, 2.24) is 10.3 Å². The van der Waals surface area contributed by atoms with E-state index in [-0.39, 0.29) is 18.6 Å². The van der Waals surface area contributed by atoms with Gasteiger partial charge in [0.2, 0.25) is 0 Å². The van der Waals surface area contributed by atoms with Gasteiger partial charge < -0.3 is 14.4 Å². The van der Waals surface area contributed by atoms with Crippen molar-refractivity contribution in [3.8, 4) is 5.75 Å². The van der Waals surface area contributed by atoms with Crippen LogP contribution in [0.1, 0.15) is 32.3 Å². The van der Waals surface area contributed by atoms with Gasteiger partial charge in [0.25, 0.3) is 5.91 Å². The number of nitrogens with zero attached hydrogens (tertiary/aromatic N) is 2. The molecule has 7 nitrogen and oxygen atoms in total. The highest BCUT2D eigenvalue weighted by Crippen LogP contribution is 2.12. The molecule has 0 aliphatic carbocycles. The molecule has 0 aromatic heterocycles. The first-order chi connectivity index (χ1) is 12.1. The summed E-state index contributed by atoms with van der Waals surface area (Å²) in [7, 11) is 0.